The summed E-state index contributed by atoms with van der Waals surface area (Å²) in [6.45, 7) is 3.38. The molecule has 2 aliphatic rings. The SMILES string of the molecule is CO[C@H]1CCN(C(=O)C2CCNCC2)C[C@H]1Cc1ccc(F)cc1. The molecule has 1 amide bonds. The number of benzene rings is 1. The van der Waals surface area contributed by atoms with E-state index in [9.17, 15) is 9.18 Å². The Bertz CT molecular complexity index is 543. The second kappa shape index (κ2) is 8.08. The summed E-state index contributed by atoms with van der Waals surface area (Å²) in [7, 11) is 1.74. The Balaban J connectivity index is 1.64. The van der Waals surface area contributed by atoms with Gasteiger partial charge in [-0.05, 0) is 56.5 Å². The molecule has 2 atom stereocenters. The zero-order chi connectivity index (χ0) is 16.9. The van der Waals surface area contributed by atoms with Crippen LogP contribution in [-0.4, -0.2) is 50.2 Å². The first kappa shape index (κ1) is 17.4. The Labute approximate surface area is 143 Å². The first-order chi connectivity index (χ1) is 11.7. The molecule has 3 rings (SSSR count). The molecular formula is C19H27FN2O2. The van der Waals surface area contributed by atoms with E-state index in [0.29, 0.717) is 5.91 Å². The van der Waals surface area contributed by atoms with Crippen molar-refractivity contribution in [1.82, 2.24) is 10.2 Å². The maximum atomic E-state index is 13.1. The van der Waals surface area contributed by atoms with Crippen molar-refractivity contribution >= 4 is 5.91 Å². The van der Waals surface area contributed by atoms with E-state index in [1.165, 1.54) is 12.1 Å². The van der Waals surface area contributed by atoms with Gasteiger partial charge in [0.1, 0.15) is 5.82 Å². The van der Waals surface area contributed by atoms with Gasteiger partial charge in [-0.25, -0.2) is 4.39 Å². The molecule has 1 aromatic carbocycles. The number of nitrogens with one attached hydrogen (secondary N) is 1. The van der Waals surface area contributed by atoms with Crippen LogP contribution in [0.3, 0.4) is 0 Å². The van der Waals surface area contributed by atoms with Crippen LogP contribution >= 0.6 is 0 Å². The summed E-state index contributed by atoms with van der Waals surface area (Å²) in [5.41, 5.74) is 1.10. The van der Waals surface area contributed by atoms with Crippen molar-refractivity contribution in [2.24, 2.45) is 11.8 Å². The number of halogens is 1. The predicted octanol–water partition coefficient (Wildman–Crippen LogP) is 2.23. The van der Waals surface area contributed by atoms with Gasteiger partial charge in [0.25, 0.3) is 0 Å². The van der Waals surface area contributed by atoms with Gasteiger partial charge >= 0.3 is 0 Å². The highest BCUT2D eigenvalue weighted by atomic mass is 19.1. The lowest BCUT2D eigenvalue weighted by Gasteiger charge is -2.40. The van der Waals surface area contributed by atoms with Gasteiger partial charge in [0.2, 0.25) is 5.91 Å². The van der Waals surface area contributed by atoms with Crippen LogP contribution < -0.4 is 5.32 Å². The molecular weight excluding hydrogens is 307 g/mol. The summed E-state index contributed by atoms with van der Waals surface area (Å²) in [5, 5.41) is 3.31. The maximum Gasteiger partial charge on any atom is 0.225 e. The molecule has 0 spiro atoms. The number of carbonyl (C=O) groups excluding carboxylic acids is 1. The van der Waals surface area contributed by atoms with Gasteiger partial charge in [-0.15, -0.1) is 0 Å². The molecule has 0 aromatic heterocycles. The monoisotopic (exact) mass is 334 g/mol. The number of nitrogens with zero attached hydrogens (tertiary/aromatic N) is 1. The van der Waals surface area contributed by atoms with Gasteiger partial charge in [0, 0.05) is 32.0 Å². The molecule has 4 nitrogen and oxygen atoms in total. The summed E-state index contributed by atoms with van der Waals surface area (Å²) >= 11 is 0. The van der Waals surface area contributed by atoms with Crippen molar-refractivity contribution in [3.05, 3.63) is 35.6 Å². The molecule has 0 unspecified atom stereocenters. The lowest BCUT2D eigenvalue weighted by molar-refractivity contribution is -0.140. The Morgan fingerprint density at radius 1 is 1.25 bits per heavy atom. The Morgan fingerprint density at radius 3 is 2.62 bits per heavy atom. The van der Waals surface area contributed by atoms with Crippen molar-refractivity contribution in [3.8, 4) is 0 Å². The van der Waals surface area contributed by atoms with E-state index in [1.54, 1.807) is 7.11 Å². The van der Waals surface area contributed by atoms with Crippen LogP contribution in [0.25, 0.3) is 0 Å². The average Bonchev–Trinajstić information content (AvgIpc) is 2.63. The minimum absolute atomic E-state index is 0.159. The minimum atomic E-state index is -0.214. The molecule has 2 aliphatic heterocycles. The van der Waals surface area contributed by atoms with Crippen LogP contribution in [0.4, 0.5) is 4.39 Å². The number of hydrogen-bond donors (Lipinski definition) is 1. The van der Waals surface area contributed by atoms with Gasteiger partial charge in [-0.3, -0.25) is 4.79 Å². The van der Waals surface area contributed by atoms with Crippen LogP contribution in [0, 0.1) is 17.7 Å². The quantitative estimate of drug-likeness (QED) is 0.918. The van der Waals surface area contributed by atoms with Crippen molar-refractivity contribution < 1.29 is 13.9 Å². The molecule has 2 saturated heterocycles. The third kappa shape index (κ3) is 4.14. The fourth-order valence-electron chi connectivity index (χ4n) is 3.97. The summed E-state index contributed by atoms with van der Waals surface area (Å²) in [6, 6.07) is 6.65. The number of methoxy groups -OCH3 is 1. The number of ether oxygens (including phenoxy) is 1. The number of carbonyl (C=O) groups is 1. The topological polar surface area (TPSA) is 41.6 Å². The van der Waals surface area contributed by atoms with Gasteiger partial charge in [-0.1, -0.05) is 12.1 Å². The third-order valence-corrected chi connectivity index (χ3v) is 5.38. The number of hydrogen-bond acceptors (Lipinski definition) is 3. The largest absolute Gasteiger partial charge is 0.381 e. The fourth-order valence-corrected chi connectivity index (χ4v) is 3.97. The van der Waals surface area contributed by atoms with E-state index in [2.05, 4.69) is 5.32 Å². The van der Waals surface area contributed by atoms with Crippen LogP contribution in [0.1, 0.15) is 24.8 Å². The molecule has 1 N–H and O–H groups in total. The normalized spacial score (nSPS) is 25.7. The highest BCUT2D eigenvalue weighted by molar-refractivity contribution is 5.79. The van der Waals surface area contributed by atoms with Crippen molar-refractivity contribution in [2.75, 3.05) is 33.3 Å². The Morgan fingerprint density at radius 2 is 1.96 bits per heavy atom. The lowest BCUT2D eigenvalue weighted by Crippen LogP contribution is -2.50. The van der Waals surface area contributed by atoms with E-state index in [0.717, 1.165) is 57.4 Å². The molecule has 5 heteroatoms. The van der Waals surface area contributed by atoms with E-state index in [-0.39, 0.29) is 23.8 Å². The van der Waals surface area contributed by atoms with Crippen LogP contribution in [0.5, 0.6) is 0 Å². The van der Waals surface area contributed by atoms with Gasteiger partial charge < -0.3 is 15.0 Å². The second-order valence-electron chi connectivity index (χ2n) is 6.96. The van der Waals surface area contributed by atoms with E-state index in [1.807, 2.05) is 17.0 Å². The average molecular weight is 334 g/mol. The van der Waals surface area contributed by atoms with Crippen LogP contribution in [0.15, 0.2) is 24.3 Å². The third-order valence-electron chi connectivity index (χ3n) is 5.38. The summed E-state index contributed by atoms with van der Waals surface area (Å²) in [5.74, 6) is 0.514. The van der Waals surface area contributed by atoms with E-state index >= 15 is 0 Å². The standard InChI is InChI=1S/C19H27FN2O2/c1-24-18-8-11-22(19(23)15-6-9-21-10-7-15)13-16(18)12-14-2-4-17(20)5-3-14/h2-5,15-16,18,21H,6-13H2,1H3/t16-,18+/m1/s1. The zero-order valence-corrected chi connectivity index (χ0v) is 14.3. The summed E-state index contributed by atoms with van der Waals surface area (Å²) in [4.78, 5) is 14.8. The lowest BCUT2D eigenvalue weighted by atomic mass is 9.87. The zero-order valence-electron chi connectivity index (χ0n) is 14.3. The molecule has 132 valence electrons. The van der Waals surface area contributed by atoms with E-state index < -0.39 is 0 Å². The van der Waals surface area contributed by atoms with Crippen molar-refractivity contribution in [2.45, 2.75) is 31.8 Å². The number of rotatable bonds is 4. The molecule has 24 heavy (non-hydrogen) atoms. The number of piperidine rings is 2. The Hall–Kier alpha value is -1.46. The predicted molar refractivity (Wildman–Crippen MR) is 91.2 cm³/mol. The molecule has 0 saturated carbocycles. The number of amides is 1. The van der Waals surface area contributed by atoms with Gasteiger partial charge in [-0.2, -0.15) is 0 Å². The molecule has 0 bridgehead atoms. The van der Waals surface area contributed by atoms with E-state index in [4.69, 9.17) is 4.74 Å². The van der Waals surface area contributed by atoms with Crippen molar-refractivity contribution in [3.63, 3.8) is 0 Å². The van der Waals surface area contributed by atoms with Gasteiger partial charge in [0.05, 0.1) is 6.10 Å². The molecule has 1 aromatic rings. The number of likely N-dealkylation sites (tertiary alicyclic amines) is 1. The van der Waals surface area contributed by atoms with Crippen LogP contribution in [-0.2, 0) is 16.0 Å². The summed E-state index contributed by atoms with van der Waals surface area (Å²) in [6.07, 6.45) is 3.72. The first-order valence-corrected chi connectivity index (χ1v) is 8.94. The maximum absolute atomic E-state index is 13.1. The smallest absolute Gasteiger partial charge is 0.225 e. The Kier molecular flexibility index (Phi) is 5.85. The van der Waals surface area contributed by atoms with Gasteiger partial charge in [0.15, 0.2) is 0 Å². The minimum Gasteiger partial charge on any atom is -0.381 e. The molecule has 2 heterocycles. The molecule has 0 aliphatic carbocycles. The highest BCUT2D eigenvalue weighted by Crippen LogP contribution is 2.26. The molecule has 0 radical (unpaired) electrons. The summed E-state index contributed by atoms with van der Waals surface area (Å²) < 4.78 is 18.8. The fraction of sp³-hybridized carbons (Fsp3) is 0.632. The first-order valence-electron chi connectivity index (χ1n) is 8.94. The highest BCUT2D eigenvalue weighted by Gasteiger charge is 2.34. The molecule has 2 fully saturated rings. The van der Waals surface area contributed by atoms with Crippen LogP contribution in [0.2, 0.25) is 0 Å². The second-order valence-corrected chi connectivity index (χ2v) is 6.96. The van der Waals surface area contributed by atoms with Crippen molar-refractivity contribution in [1.29, 1.82) is 0 Å².